The van der Waals surface area contributed by atoms with Crippen LogP contribution in [-0.2, 0) is 20.7 Å². The fourth-order valence-electron chi connectivity index (χ4n) is 1.33. The summed E-state index contributed by atoms with van der Waals surface area (Å²) in [5, 5.41) is 0. The number of esters is 1. The number of nitrogens with zero attached hydrogens (tertiary/aromatic N) is 2. The number of carbonyl (C=O) groups excluding carboxylic acids is 2. The Balaban J connectivity index is 2.60. The Labute approximate surface area is 100 Å². The molecule has 5 nitrogen and oxygen atoms in total. The van der Waals surface area contributed by atoms with Gasteiger partial charge in [0, 0.05) is 13.2 Å². The normalized spacial score (nSPS) is 9.82. The summed E-state index contributed by atoms with van der Waals surface area (Å²) in [5.41, 5.74) is 1.70. The maximum Gasteiger partial charge on any atom is 0.325 e. The molecule has 0 atom stereocenters. The zero-order valence-electron chi connectivity index (χ0n) is 10.3. The number of amides is 1. The molecule has 92 valence electrons. The van der Waals surface area contributed by atoms with Gasteiger partial charge >= 0.3 is 5.97 Å². The number of pyridine rings is 1. The molecule has 0 fully saturated rings. The second-order valence-corrected chi connectivity index (χ2v) is 3.77. The average Bonchev–Trinajstić information content (AvgIpc) is 2.31. The van der Waals surface area contributed by atoms with E-state index in [9.17, 15) is 9.59 Å². The average molecular weight is 236 g/mol. The van der Waals surface area contributed by atoms with Gasteiger partial charge in [0.25, 0.3) is 0 Å². The van der Waals surface area contributed by atoms with Gasteiger partial charge in [0.05, 0.1) is 19.2 Å². The van der Waals surface area contributed by atoms with E-state index in [1.54, 1.807) is 13.2 Å². The van der Waals surface area contributed by atoms with Crippen LogP contribution in [0.15, 0.2) is 18.3 Å². The number of ether oxygens (including phenoxy) is 1. The highest BCUT2D eigenvalue weighted by atomic mass is 16.5. The SMILES string of the molecule is COC(=O)CN(C)C(=O)Cc1ncccc1C. The Bertz CT molecular complexity index is 418. The van der Waals surface area contributed by atoms with Crippen LogP contribution in [0.4, 0.5) is 0 Å². The Hall–Kier alpha value is -1.91. The van der Waals surface area contributed by atoms with Crippen molar-refractivity contribution in [2.24, 2.45) is 0 Å². The van der Waals surface area contributed by atoms with E-state index < -0.39 is 5.97 Å². The summed E-state index contributed by atoms with van der Waals surface area (Å²) in [6, 6.07) is 3.72. The van der Waals surface area contributed by atoms with Crippen molar-refractivity contribution in [3.05, 3.63) is 29.6 Å². The summed E-state index contributed by atoms with van der Waals surface area (Å²) in [5.74, 6) is -0.587. The van der Waals surface area contributed by atoms with Crippen molar-refractivity contribution >= 4 is 11.9 Å². The van der Waals surface area contributed by atoms with Gasteiger partial charge in [-0.15, -0.1) is 0 Å². The molecule has 0 aliphatic carbocycles. The molecule has 0 aliphatic heterocycles. The maximum absolute atomic E-state index is 11.8. The van der Waals surface area contributed by atoms with Crippen molar-refractivity contribution in [1.82, 2.24) is 9.88 Å². The monoisotopic (exact) mass is 236 g/mol. The van der Waals surface area contributed by atoms with E-state index in [2.05, 4.69) is 9.72 Å². The van der Waals surface area contributed by atoms with Crippen LogP contribution in [0.3, 0.4) is 0 Å². The summed E-state index contributed by atoms with van der Waals surface area (Å²) in [7, 11) is 2.86. The summed E-state index contributed by atoms with van der Waals surface area (Å²) < 4.78 is 4.50. The van der Waals surface area contributed by atoms with Crippen molar-refractivity contribution in [2.45, 2.75) is 13.3 Å². The molecule has 1 amide bonds. The zero-order chi connectivity index (χ0) is 12.8. The van der Waals surface area contributed by atoms with Crippen LogP contribution in [0.5, 0.6) is 0 Å². The number of methoxy groups -OCH3 is 1. The molecule has 1 heterocycles. The molecule has 0 saturated heterocycles. The van der Waals surface area contributed by atoms with Crippen molar-refractivity contribution in [3.8, 4) is 0 Å². The second-order valence-electron chi connectivity index (χ2n) is 3.77. The summed E-state index contributed by atoms with van der Waals surface area (Å²) >= 11 is 0. The van der Waals surface area contributed by atoms with Crippen LogP contribution >= 0.6 is 0 Å². The molecule has 0 aliphatic rings. The fourth-order valence-corrected chi connectivity index (χ4v) is 1.33. The number of aromatic nitrogens is 1. The topological polar surface area (TPSA) is 59.5 Å². The lowest BCUT2D eigenvalue weighted by molar-refractivity contribution is -0.145. The zero-order valence-corrected chi connectivity index (χ0v) is 10.3. The molecule has 0 unspecified atom stereocenters. The highest BCUT2D eigenvalue weighted by Gasteiger charge is 2.14. The van der Waals surface area contributed by atoms with E-state index in [4.69, 9.17) is 0 Å². The molecule has 0 saturated carbocycles. The molecule has 0 aromatic carbocycles. The molecule has 17 heavy (non-hydrogen) atoms. The number of aryl methyl sites for hydroxylation is 1. The van der Waals surface area contributed by atoms with Crippen LogP contribution in [0, 0.1) is 6.92 Å². The quantitative estimate of drug-likeness (QED) is 0.717. The Morgan fingerprint density at radius 1 is 1.47 bits per heavy atom. The van der Waals surface area contributed by atoms with Gasteiger partial charge in [-0.3, -0.25) is 14.6 Å². The lowest BCUT2D eigenvalue weighted by Crippen LogP contribution is -2.34. The van der Waals surface area contributed by atoms with Gasteiger partial charge in [0.2, 0.25) is 5.91 Å². The Morgan fingerprint density at radius 2 is 2.18 bits per heavy atom. The van der Waals surface area contributed by atoms with E-state index in [1.165, 1.54) is 12.0 Å². The van der Waals surface area contributed by atoms with Gasteiger partial charge < -0.3 is 9.64 Å². The number of rotatable bonds is 4. The standard InChI is InChI=1S/C12H16N2O3/c1-9-5-4-6-13-10(9)7-11(15)14(2)8-12(16)17-3/h4-6H,7-8H2,1-3H3. The first kappa shape index (κ1) is 13.2. The van der Waals surface area contributed by atoms with Crippen LogP contribution in [0.2, 0.25) is 0 Å². The number of hydrogen-bond donors (Lipinski definition) is 0. The number of hydrogen-bond acceptors (Lipinski definition) is 4. The minimum Gasteiger partial charge on any atom is -0.468 e. The molecule has 1 aromatic rings. The van der Waals surface area contributed by atoms with Gasteiger partial charge in [-0.2, -0.15) is 0 Å². The van der Waals surface area contributed by atoms with Gasteiger partial charge in [-0.25, -0.2) is 0 Å². The van der Waals surface area contributed by atoms with E-state index in [-0.39, 0.29) is 18.9 Å². The fraction of sp³-hybridized carbons (Fsp3) is 0.417. The van der Waals surface area contributed by atoms with Crippen molar-refractivity contribution in [2.75, 3.05) is 20.7 Å². The third-order valence-electron chi connectivity index (χ3n) is 2.46. The first-order chi connectivity index (χ1) is 8.04. The van der Waals surface area contributed by atoms with Gasteiger partial charge in [0.1, 0.15) is 6.54 Å². The van der Waals surface area contributed by atoms with E-state index in [0.717, 1.165) is 11.3 Å². The lowest BCUT2D eigenvalue weighted by Gasteiger charge is -2.15. The number of carbonyl (C=O) groups is 2. The summed E-state index contributed by atoms with van der Waals surface area (Å²) in [6.45, 7) is 1.86. The lowest BCUT2D eigenvalue weighted by atomic mass is 10.1. The van der Waals surface area contributed by atoms with E-state index in [0.29, 0.717) is 0 Å². The minimum absolute atomic E-state index is 0.0405. The van der Waals surface area contributed by atoms with Crippen LogP contribution in [-0.4, -0.2) is 42.5 Å². The van der Waals surface area contributed by atoms with Gasteiger partial charge in [-0.05, 0) is 18.6 Å². The second kappa shape index (κ2) is 5.98. The summed E-state index contributed by atoms with van der Waals surface area (Å²) in [4.78, 5) is 28.3. The molecule has 1 aromatic heterocycles. The molecule has 5 heteroatoms. The maximum atomic E-state index is 11.8. The molecule has 0 bridgehead atoms. The Kier molecular flexibility index (Phi) is 4.63. The molecule has 0 N–H and O–H groups in total. The highest BCUT2D eigenvalue weighted by molar-refractivity contribution is 5.83. The largest absolute Gasteiger partial charge is 0.468 e. The predicted molar refractivity (Wildman–Crippen MR) is 62.3 cm³/mol. The third kappa shape index (κ3) is 3.86. The molecule has 1 rings (SSSR count). The van der Waals surface area contributed by atoms with Gasteiger partial charge in [-0.1, -0.05) is 6.07 Å². The van der Waals surface area contributed by atoms with Crippen LogP contribution < -0.4 is 0 Å². The molecule has 0 spiro atoms. The first-order valence-corrected chi connectivity index (χ1v) is 5.26. The molecule has 0 radical (unpaired) electrons. The van der Waals surface area contributed by atoms with Crippen molar-refractivity contribution in [1.29, 1.82) is 0 Å². The Morgan fingerprint density at radius 3 is 2.76 bits per heavy atom. The van der Waals surface area contributed by atoms with Crippen LogP contribution in [0.1, 0.15) is 11.3 Å². The third-order valence-corrected chi connectivity index (χ3v) is 2.46. The predicted octanol–water partition coefficient (Wildman–Crippen LogP) is 0.564. The molecular weight excluding hydrogens is 220 g/mol. The number of likely N-dealkylation sites (N-methyl/N-ethyl adjacent to an activating group) is 1. The van der Waals surface area contributed by atoms with Crippen LogP contribution in [0.25, 0.3) is 0 Å². The smallest absolute Gasteiger partial charge is 0.325 e. The van der Waals surface area contributed by atoms with E-state index >= 15 is 0 Å². The highest BCUT2D eigenvalue weighted by Crippen LogP contribution is 2.05. The molecular formula is C12H16N2O3. The summed E-state index contributed by atoms with van der Waals surface area (Å²) in [6.07, 6.45) is 1.84. The minimum atomic E-state index is -0.432. The first-order valence-electron chi connectivity index (χ1n) is 5.26. The van der Waals surface area contributed by atoms with Crippen molar-refractivity contribution in [3.63, 3.8) is 0 Å². The van der Waals surface area contributed by atoms with Gasteiger partial charge in [0.15, 0.2) is 0 Å². The van der Waals surface area contributed by atoms with Crippen molar-refractivity contribution < 1.29 is 14.3 Å². The van der Waals surface area contributed by atoms with E-state index in [1.807, 2.05) is 19.1 Å².